The van der Waals surface area contributed by atoms with Crippen molar-refractivity contribution in [1.82, 2.24) is 9.88 Å². The molecule has 18 heavy (non-hydrogen) atoms. The molecule has 0 spiro atoms. The second-order valence-electron chi connectivity index (χ2n) is 4.24. The van der Waals surface area contributed by atoms with Crippen molar-refractivity contribution in [2.24, 2.45) is 0 Å². The van der Waals surface area contributed by atoms with Gasteiger partial charge < -0.3 is 9.31 Å². The number of carbonyl (C=O) groups is 2. The minimum Gasteiger partial charge on any atom is -0.493 e. The summed E-state index contributed by atoms with van der Waals surface area (Å²) in [5, 5.41) is 0. The molecule has 1 saturated heterocycles. The number of aryl methyl sites for hydroxylation is 1. The fourth-order valence-electron chi connectivity index (χ4n) is 1.57. The van der Waals surface area contributed by atoms with Crippen LogP contribution in [0.5, 0.6) is 0 Å². The predicted octanol–water partition coefficient (Wildman–Crippen LogP) is -0.883. The molecule has 0 aliphatic carbocycles. The Morgan fingerprint density at radius 3 is 2.33 bits per heavy atom. The Bertz CT molecular complexity index is 443. The Balaban J connectivity index is 2.18. The van der Waals surface area contributed by atoms with Crippen LogP contribution in [0.1, 0.15) is 5.56 Å². The molecular formula is C11H13BN2O4. The third kappa shape index (κ3) is 3.07. The van der Waals surface area contributed by atoms with Gasteiger partial charge in [-0.2, -0.15) is 0 Å². The van der Waals surface area contributed by atoms with E-state index in [1.54, 1.807) is 19.3 Å². The maximum atomic E-state index is 11.5. The first-order chi connectivity index (χ1) is 8.54. The summed E-state index contributed by atoms with van der Waals surface area (Å²) in [5.41, 5.74) is 1.38. The van der Waals surface area contributed by atoms with Crippen LogP contribution < -0.4 is 5.59 Å². The first kappa shape index (κ1) is 12.6. The molecule has 7 heteroatoms. The summed E-state index contributed by atoms with van der Waals surface area (Å²) in [5.74, 6) is -0.894. The van der Waals surface area contributed by atoms with Crippen LogP contribution in [0.15, 0.2) is 18.3 Å². The molecule has 2 rings (SSSR count). The van der Waals surface area contributed by atoms with Gasteiger partial charge >= 0.3 is 19.1 Å². The fraction of sp³-hybridized carbons (Fsp3) is 0.364. The van der Waals surface area contributed by atoms with E-state index in [-0.39, 0.29) is 13.1 Å². The average molecular weight is 248 g/mol. The molecule has 0 radical (unpaired) electrons. The molecular weight excluding hydrogens is 235 g/mol. The second-order valence-corrected chi connectivity index (χ2v) is 4.24. The van der Waals surface area contributed by atoms with E-state index in [1.165, 1.54) is 4.90 Å². The van der Waals surface area contributed by atoms with Gasteiger partial charge in [0.1, 0.15) is 5.59 Å². The summed E-state index contributed by atoms with van der Waals surface area (Å²) in [6.45, 7) is 2.00. The molecule has 0 amide bonds. The molecule has 1 aliphatic rings. The summed E-state index contributed by atoms with van der Waals surface area (Å²) in [4.78, 5) is 28.7. The first-order valence-electron chi connectivity index (χ1n) is 5.54. The zero-order chi connectivity index (χ0) is 13.1. The van der Waals surface area contributed by atoms with E-state index in [2.05, 4.69) is 4.98 Å². The summed E-state index contributed by atoms with van der Waals surface area (Å²) >= 11 is 0. The highest BCUT2D eigenvalue weighted by molar-refractivity contribution is 6.63. The second kappa shape index (κ2) is 5.18. The van der Waals surface area contributed by atoms with Crippen molar-refractivity contribution in [3.8, 4) is 0 Å². The van der Waals surface area contributed by atoms with Crippen LogP contribution in [0.3, 0.4) is 0 Å². The van der Waals surface area contributed by atoms with Gasteiger partial charge in [-0.25, -0.2) is 0 Å². The SMILES string of the molecule is Cc1ccc(B2OC(=O)CN(C)CC(=O)O2)nc1. The van der Waals surface area contributed by atoms with Crippen LogP contribution >= 0.6 is 0 Å². The number of pyridine rings is 1. The van der Waals surface area contributed by atoms with Gasteiger partial charge in [0, 0.05) is 6.20 Å². The molecule has 1 aromatic heterocycles. The third-order valence-electron chi connectivity index (χ3n) is 2.45. The average Bonchev–Trinajstić information content (AvgIpc) is 2.26. The molecule has 0 saturated carbocycles. The zero-order valence-corrected chi connectivity index (χ0v) is 10.3. The normalized spacial score (nSPS) is 17.8. The van der Waals surface area contributed by atoms with E-state index >= 15 is 0 Å². The third-order valence-corrected chi connectivity index (χ3v) is 2.45. The lowest BCUT2D eigenvalue weighted by Gasteiger charge is -2.22. The lowest BCUT2D eigenvalue weighted by atomic mass is 9.83. The van der Waals surface area contributed by atoms with Crippen molar-refractivity contribution in [1.29, 1.82) is 0 Å². The number of hydrogen-bond acceptors (Lipinski definition) is 6. The molecule has 0 bridgehead atoms. The Labute approximate surface area is 105 Å². The maximum absolute atomic E-state index is 11.5. The van der Waals surface area contributed by atoms with Crippen molar-refractivity contribution < 1.29 is 18.9 Å². The summed E-state index contributed by atoms with van der Waals surface area (Å²) < 4.78 is 10.1. The smallest absolute Gasteiger partial charge is 0.493 e. The van der Waals surface area contributed by atoms with Crippen molar-refractivity contribution in [2.75, 3.05) is 20.1 Å². The summed E-state index contributed by atoms with van der Waals surface area (Å²) in [6, 6.07) is 3.49. The van der Waals surface area contributed by atoms with Crippen molar-refractivity contribution in [2.45, 2.75) is 6.92 Å². The molecule has 2 heterocycles. The van der Waals surface area contributed by atoms with Gasteiger partial charge in [-0.05, 0) is 25.6 Å². The quantitative estimate of drug-likeness (QED) is 0.601. The minimum absolute atomic E-state index is 0.0530. The van der Waals surface area contributed by atoms with Gasteiger partial charge in [-0.1, -0.05) is 6.07 Å². The molecule has 94 valence electrons. The van der Waals surface area contributed by atoms with Gasteiger partial charge in [0.05, 0.1) is 13.1 Å². The van der Waals surface area contributed by atoms with Crippen LogP contribution in [0.2, 0.25) is 0 Å². The largest absolute Gasteiger partial charge is 0.656 e. The highest BCUT2D eigenvalue weighted by Gasteiger charge is 2.34. The van der Waals surface area contributed by atoms with Gasteiger partial charge in [-0.3, -0.25) is 19.5 Å². The number of aromatic nitrogens is 1. The van der Waals surface area contributed by atoms with Gasteiger partial charge in [0.25, 0.3) is 0 Å². The first-order valence-corrected chi connectivity index (χ1v) is 5.54. The van der Waals surface area contributed by atoms with Gasteiger partial charge in [0.15, 0.2) is 0 Å². The van der Waals surface area contributed by atoms with E-state index in [9.17, 15) is 9.59 Å². The fourth-order valence-corrected chi connectivity index (χ4v) is 1.57. The number of hydrogen-bond donors (Lipinski definition) is 0. The highest BCUT2D eigenvalue weighted by atomic mass is 16.6. The van der Waals surface area contributed by atoms with Gasteiger partial charge in [0.2, 0.25) is 0 Å². The van der Waals surface area contributed by atoms with Crippen molar-refractivity contribution >= 4 is 24.7 Å². The molecule has 0 N–H and O–H groups in total. The number of rotatable bonds is 1. The Morgan fingerprint density at radius 2 is 1.83 bits per heavy atom. The topological polar surface area (TPSA) is 68.7 Å². The summed E-state index contributed by atoms with van der Waals surface area (Å²) in [7, 11) is 0.590. The number of nitrogens with zero attached hydrogens (tertiary/aromatic N) is 2. The van der Waals surface area contributed by atoms with Crippen LogP contribution in [0.4, 0.5) is 0 Å². The van der Waals surface area contributed by atoms with E-state index in [0.717, 1.165) is 5.56 Å². The molecule has 1 aromatic rings. The number of likely N-dealkylation sites (N-methyl/N-ethyl adjacent to an activating group) is 1. The standard InChI is InChI=1S/C11H13BN2O4/c1-8-3-4-9(13-5-8)12-17-10(15)6-14(2)7-11(16)18-12/h3-5H,6-7H2,1-2H3. The van der Waals surface area contributed by atoms with E-state index in [4.69, 9.17) is 9.31 Å². The molecule has 0 unspecified atom stereocenters. The van der Waals surface area contributed by atoms with Crippen LogP contribution in [-0.2, 0) is 18.9 Å². The Hall–Kier alpha value is -1.89. The molecule has 0 atom stereocenters. The minimum atomic E-state index is -1.06. The van der Waals surface area contributed by atoms with E-state index in [0.29, 0.717) is 5.59 Å². The van der Waals surface area contributed by atoms with Crippen LogP contribution in [0, 0.1) is 6.92 Å². The number of carbonyl (C=O) groups excluding carboxylic acids is 2. The monoisotopic (exact) mass is 248 g/mol. The Morgan fingerprint density at radius 1 is 1.22 bits per heavy atom. The zero-order valence-electron chi connectivity index (χ0n) is 10.3. The summed E-state index contributed by atoms with van der Waals surface area (Å²) in [6.07, 6.45) is 1.63. The van der Waals surface area contributed by atoms with E-state index < -0.39 is 19.1 Å². The molecule has 6 nitrogen and oxygen atoms in total. The van der Waals surface area contributed by atoms with E-state index in [1.807, 2.05) is 13.0 Å². The molecule has 1 fully saturated rings. The molecule has 0 aromatic carbocycles. The van der Waals surface area contributed by atoms with Crippen LogP contribution in [0.25, 0.3) is 0 Å². The lowest BCUT2D eigenvalue weighted by molar-refractivity contribution is -0.145. The lowest BCUT2D eigenvalue weighted by Crippen LogP contribution is -2.48. The Kier molecular flexibility index (Phi) is 3.62. The maximum Gasteiger partial charge on any atom is 0.656 e. The molecule has 1 aliphatic heterocycles. The predicted molar refractivity (Wildman–Crippen MR) is 64.0 cm³/mol. The van der Waals surface area contributed by atoms with Gasteiger partial charge in [-0.15, -0.1) is 0 Å². The highest BCUT2D eigenvalue weighted by Crippen LogP contribution is 2.00. The van der Waals surface area contributed by atoms with Crippen molar-refractivity contribution in [3.63, 3.8) is 0 Å². The van der Waals surface area contributed by atoms with Crippen LogP contribution in [-0.4, -0.2) is 49.1 Å². The van der Waals surface area contributed by atoms with Crippen molar-refractivity contribution in [3.05, 3.63) is 23.9 Å².